The maximum Gasteiger partial charge on any atom is 0.406 e. The van der Waals surface area contributed by atoms with Gasteiger partial charge >= 0.3 is 6.18 Å². The lowest BCUT2D eigenvalue weighted by atomic mass is 10.1. The van der Waals surface area contributed by atoms with Crippen LogP contribution in [0.4, 0.5) is 13.2 Å². The topological polar surface area (TPSA) is 40.5 Å². The first-order valence-corrected chi connectivity index (χ1v) is 5.86. The molecule has 19 heavy (non-hydrogen) atoms. The van der Waals surface area contributed by atoms with E-state index in [0.717, 1.165) is 0 Å². The molecule has 1 N–H and O–H groups in total. The summed E-state index contributed by atoms with van der Waals surface area (Å²) in [5, 5.41) is 9.07. The van der Waals surface area contributed by atoms with Crippen LogP contribution in [0.2, 0.25) is 5.02 Å². The van der Waals surface area contributed by atoms with Crippen LogP contribution in [0.25, 0.3) is 0 Å². The monoisotopic (exact) mass is 295 g/mol. The maximum absolute atomic E-state index is 12.4. The van der Waals surface area contributed by atoms with Gasteiger partial charge in [0.25, 0.3) is 5.91 Å². The molecule has 0 radical (unpaired) electrons. The van der Waals surface area contributed by atoms with Crippen molar-refractivity contribution in [1.29, 1.82) is 0 Å². The molecule has 0 saturated carbocycles. The van der Waals surface area contributed by atoms with Crippen molar-refractivity contribution in [3.8, 4) is 0 Å². The Hall–Kier alpha value is -1.27. The molecule has 0 unspecified atom stereocenters. The number of aliphatic hydroxyl groups excluding tert-OH is 1. The Balaban J connectivity index is 3.02. The molecule has 0 aromatic heterocycles. The second-order valence-corrected chi connectivity index (χ2v) is 4.39. The molecular formula is C12H13ClF3NO2. The summed E-state index contributed by atoms with van der Waals surface area (Å²) in [6, 6.07) is 4.45. The number of benzene rings is 1. The van der Waals surface area contributed by atoms with Crippen molar-refractivity contribution in [3.63, 3.8) is 0 Å². The number of amides is 1. The van der Waals surface area contributed by atoms with E-state index in [2.05, 4.69) is 0 Å². The Morgan fingerprint density at radius 3 is 2.58 bits per heavy atom. The van der Waals surface area contributed by atoms with E-state index in [1.54, 1.807) is 13.0 Å². The number of carbonyl (C=O) groups excluding carboxylic acids is 1. The van der Waals surface area contributed by atoms with E-state index in [1.807, 2.05) is 0 Å². The van der Waals surface area contributed by atoms with Crippen LogP contribution < -0.4 is 0 Å². The number of halogens is 4. The molecule has 0 saturated heterocycles. The number of nitrogens with zero attached hydrogens (tertiary/aromatic N) is 1. The first kappa shape index (κ1) is 15.8. The van der Waals surface area contributed by atoms with Crippen LogP contribution in [0, 0.1) is 6.92 Å². The lowest BCUT2D eigenvalue weighted by Crippen LogP contribution is -2.40. The van der Waals surface area contributed by atoms with Gasteiger partial charge in [0.2, 0.25) is 0 Å². The second kappa shape index (κ2) is 6.25. The fraction of sp³-hybridized carbons (Fsp3) is 0.417. The number of rotatable bonds is 4. The van der Waals surface area contributed by atoms with Gasteiger partial charge < -0.3 is 10.0 Å². The van der Waals surface area contributed by atoms with Gasteiger partial charge in [0.1, 0.15) is 6.54 Å². The minimum Gasteiger partial charge on any atom is -0.395 e. The van der Waals surface area contributed by atoms with Crippen LogP contribution in [0.1, 0.15) is 15.9 Å². The van der Waals surface area contributed by atoms with Crippen LogP contribution in [-0.4, -0.2) is 41.8 Å². The molecule has 0 fully saturated rings. The third kappa shape index (κ3) is 4.40. The number of carbonyl (C=O) groups is 1. The third-order valence-electron chi connectivity index (χ3n) is 2.53. The molecule has 0 bridgehead atoms. The molecule has 1 aromatic carbocycles. The second-order valence-electron chi connectivity index (χ2n) is 3.98. The van der Waals surface area contributed by atoms with Crippen molar-refractivity contribution in [2.24, 2.45) is 0 Å². The van der Waals surface area contributed by atoms with Gasteiger partial charge in [-0.15, -0.1) is 0 Å². The summed E-state index contributed by atoms with van der Waals surface area (Å²) in [7, 11) is 0. The van der Waals surface area contributed by atoms with E-state index in [4.69, 9.17) is 16.7 Å². The van der Waals surface area contributed by atoms with Crippen molar-refractivity contribution in [2.75, 3.05) is 19.7 Å². The highest BCUT2D eigenvalue weighted by Gasteiger charge is 2.33. The molecule has 0 spiro atoms. The lowest BCUT2D eigenvalue weighted by Gasteiger charge is -2.24. The van der Waals surface area contributed by atoms with Crippen molar-refractivity contribution in [2.45, 2.75) is 13.1 Å². The van der Waals surface area contributed by atoms with Gasteiger partial charge in [0.05, 0.1) is 6.61 Å². The number of aliphatic hydroxyl groups is 1. The summed E-state index contributed by atoms with van der Waals surface area (Å²) >= 11 is 5.83. The fourth-order valence-electron chi connectivity index (χ4n) is 1.60. The van der Waals surface area contributed by atoms with Crippen LogP contribution in [0.5, 0.6) is 0 Å². The molecule has 0 atom stereocenters. The third-order valence-corrected chi connectivity index (χ3v) is 2.93. The quantitative estimate of drug-likeness (QED) is 0.928. The molecule has 0 aliphatic heterocycles. The van der Waals surface area contributed by atoms with Gasteiger partial charge in [0, 0.05) is 17.1 Å². The normalized spacial score (nSPS) is 11.5. The molecule has 0 heterocycles. The van der Waals surface area contributed by atoms with Crippen molar-refractivity contribution >= 4 is 17.5 Å². The van der Waals surface area contributed by atoms with Gasteiger partial charge in [-0.05, 0) is 24.6 Å². The Morgan fingerprint density at radius 2 is 2.05 bits per heavy atom. The van der Waals surface area contributed by atoms with Crippen LogP contribution in [0.15, 0.2) is 18.2 Å². The fourth-order valence-corrected chi connectivity index (χ4v) is 1.77. The van der Waals surface area contributed by atoms with Crippen molar-refractivity contribution < 1.29 is 23.1 Å². The van der Waals surface area contributed by atoms with Gasteiger partial charge in [-0.25, -0.2) is 0 Å². The minimum absolute atomic E-state index is 0.102. The van der Waals surface area contributed by atoms with E-state index in [0.29, 0.717) is 15.5 Å². The zero-order valence-corrected chi connectivity index (χ0v) is 10.9. The number of hydrogen-bond acceptors (Lipinski definition) is 2. The average molecular weight is 296 g/mol. The maximum atomic E-state index is 12.4. The first-order valence-electron chi connectivity index (χ1n) is 5.48. The summed E-state index contributed by atoms with van der Waals surface area (Å²) in [4.78, 5) is 12.6. The van der Waals surface area contributed by atoms with Gasteiger partial charge in [-0.2, -0.15) is 13.2 Å². The Morgan fingerprint density at radius 1 is 1.42 bits per heavy atom. The van der Waals surface area contributed by atoms with Crippen LogP contribution in [0.3, 0.4) is 0 Å². The molecule has 1 amide bonds. The molecule has 7 heteroatoms. The lowest BCUT2D eigenvalue weighted by molar-refractivity contribution is -0.141. The smallest absolute Gasteiger partial charge is 0.395 e. The van der Waals surface area contributed by atoms with Crippen LogP contribution >= 0.6 is 11.6 Å². The minimum atomic E-state index is -4.52. The Labute approximate surface area is 113 Å². The first-order chi connectivity index (χ1) is 8.76. The van der Waals surface area contributed by atoms with E-state index in [-0.39, 0.29) is 12.1 Å². The van der Waals surface area contributed by atoms with Crippen molar-refractivity contribution in [3.05, 3.63) is 34.3 Å². The van der Waals surface area contributed by atoms with E-state index in [1.165, 1.54) is 12.1 Å². The molecule has 3 nitrogen and oxygen atoms in total. The zero-order chi connectivity index (χ0) is 14.6. The summed E-state index contributed by atoms with van der Waals surface area (Å²) in [6.07, 6.45) is -4.52. The molecule has 1 rings (SSSR count). The SMILES string of the molecule is Cc1c(Cl)cccc1C(=O)N(CCO)CC(F)(F)F. The van der Waals surface area contributed by atoms with Crippen LogP contribution in [-0.2, 0) is 0 Å². The molecule has 1 aromatic rings. The standard InChI is InChI=1S/C12H13ClF3NO2/c1-8-9(3-2-4-10(8)13)11(19)17(5-6-18)7-12(14,15)16/h2-4,18H,5-7H2,1H3. The van der Waals surface area contributed by atoms with E-state index >= 15 is 0 Å². The molecular weight excluding hydrogens is 283 g/mol. The number of alkyl halides is 3. The van der Waals surface area contributed by atoms with Gasteiger partial charge in [0.15, 0.2) is 0 Å². The summed E-state index contributed by atoms with van der Waals surface area (Å²) in [5.41, 5.74) is 0.518. The van der Waals surface area contributed by atoms with Gasteiger partial charge in [-0.3, -0.25) is 4.79 Å². The highest BCUT2D eigenvalue weighted by Crippen LogP contribution is 2.22. The molecule has 0 aliphatic carbocycles. The zero-order valence-electron chi connectivity index (χ0n) is 10.2. The molecule has 0 aliphatic rings. The molecule has 106 valence electrons. The Bertz CT molecular complexity index is 463. The summed E-state index contributed by atoms with van der Waals surface area (Å²) < 4.78 is 37.2. The highest BCUT2D eigenvalue weighted by molar-refractivity contribution is 6.31. The van der Waals surface area contributed by atoms with Crippen molar-refractivity contribution in [1.82, 2.24) is 4.90 Å². The Kier molecular flexibility index (Phi) is 5.20. The predicted octanol–water partition coefficient (Wildman–Crippen LogP) is 2.65. The highest BCUT2D eigenvalue weighted by atomic mass is 35.5. The van der Waals surface area contributed by atoms with E-state index < -0.39 is 25.2 Å². The largest absolute Gasteiger partial charge is 0.406 e. The number of hydrogen-bond donors (Lipinski definition) is 1. The summed E-state index contributed by atoms with van der Waals surface area (Å²) in [5.74, 6) is -0.800. The van der Waals surface area contributed by atoms with E-state index in [9.17, 15) is 18.0 Å². The predicted molar refractivity (Wildman–Crippen MR) is 65.2 cm³/mol. The average Bonchev–Trinajstić information content (AvgIpc) is 2.30. The summed E-state index contributed by atoms with van der Waals surface area (Å²) in [6.45, 7) is -0.773. The van der Waals surface area contributed by atoms with Gasteiger partial charge in [-0.1, -0.05) is 17.7 Å².